The summed E-state index contributed by atoms with van der Waals surface area (Å²) in [4.78, 5) is 16.3. The lowest BCUT2D eigenvalue weighted by atomic mass is 9.73. The van der Waals surface area contributed by atoms with Crippen LogP contribution >= 0.6 is 0 Å². The Morgan fingerprint density at radius 2 is 2.00 bits per heavy atom. The van der Waals surface area contributed by atoms with Crippen LogP contribution in [0.3, 0.4) is 0 Å². The van der Waals surface area contributed by atoms with Gasteiger partial charge in [0, 0.05) is 29.4 Å². The number of rotatable bonds is 6. The number of carbonyl (C=O) groups is 1. The average molecular weight is 416 g/mol. The van der Waals surface area contributed by atoms with Crippen LogP contribution in [-0.2, 0) is 5.52 Å². The van der Waals surface area contributed by atoms with Gasteiger partial charge >= 0.3 is 0 Å². The Balaban J connectivity index is 1.68. The molecule has 1 aliphatic rings. The maximum atomic E-state index is 11.9. The largest absolute Gasteiger partial charge is 0.389 e. The first kappa shape index (κ1) is 21.1. The number of fused-ring (bicyclic) bond motifs is 1. The molecule has 2 atom stereocenters. The minimum absolute atomic E-state index is 0.00985. The lowest BCUT2D eigenvalue weighted by Crippen LogP contribution is -2.43. The molecular weight excluding hydrogens is 394 g/mol. The highest BCUT2D eigenvalue weighted by atomic mass is 16.3. The fourth-order valence-corrected chi connectivity index (χ4v) is 3.86. The zero-order chi connectivity index (χ0) is 22.2. The van der Waals surface area contributed by atoms with Gasteiger partial charge in [-0.2, -0.15) is 4.98 Å². The Morgan fingerprint density at radius 3 is 2.71 bits per heavy atom. The van der Waals surface area contributed by atoms with E-state index in [1.54, 1.807) is 30.5 Å². The van der Waals surface area contributed by atoms with Gasteiger partial charge in [-0.05, 0) is 31.0 Å². The van der Waals surface area contributed by atoms with Crippen LogP contribution < -0.4 is 22.1 Å². The molecule has 10 nitrogen and oxygen atoms in total. The predicted octanol–water partition coefficient (Wildman–Crippen LogP) is 0.248. The van der Waals surface area contributed by atoms with Gasteiger partial charge in [0.05, 0.1) is 11.0 Å². The average Bonchev–Trinajstić information content (AvgIpc) is 3.15. The van der Waals surface area contributed by atoms with E-state index in [9.17, 15) is 9.90 Å². The van der Waals surface area contributed by atoms with Crippen LogP contribution in [0.2, 0.25) is 0 Å². The summed E-state index contributed by atoms with van der Waals surface area (Å²) in [5.74, 6) is -0.380. The molecule has 0 saturated heterocycles. The first-order valence-corrected chi connectivity index (χ1v) is 9.98. The molecule has 31 heavy (non-hydrogen) atoms. The van der Waals surface area contributed by atoms with E-state index in [2.05, 4.69) is 25.8 Å². The molecule has 0 aliphatic heterocycles. The van der Waals surface area contributed by atoms with Crippen molar-refractivity contribution in [2.75, 3.05) is 10.6 Å². The maximum absolute atomic E-state index is 11.9. The Morgan fingerprint density at radius 1 is 1.23 bits per heavy atom. The quantitative estimate of drug-likeness (QED) is 0.358. The summed E-state index contributed by atoms with van der Waals surface area (Å²) in [6.45, 7) is 0. The SMILES string of the molecule is [B]C([B])(O)n1ccc2c(Nc3nc(N[C@@H]4CCCC[C@@H]4N)nnc3C(N)=O)cccc21. The molecular formula is C19H22B2N8O2. The fraction of sp³-hybridized carbons (Fsp3) is 0.368. The molecule has 4 radical (unpaired) electrons. The van der Waals surface area contributed by atoms with Gasteiger partial charge in [0.25, 0.3) is 5.91 Å². The van der Waals surface area contributed by atoms with Crippen molar-refractivity contribution in [3.63, 3.8) is 0 Å². The molecule has 2 aromatic heterocycles. The highest BCUT2D eigenvalue weighted by Gasteiger charge is 2.24. The van der Waals surface area contributed by atoms with E-state index in [-0.39, 0.29) is 29.5 Å². The zero-order valence-corrected chi connectivity index (χ0v) is 16.8. The minimum atomic E-state index is -2.06. The fourth-order valence-electron chi connectivity index (χ4n) is 3.86. The number of amides is 1. The van der Waals surface area contributed by atoms with Gasteiger partial charge < -0.3 is 31.8 Å². The zero-order valence-electron chi connectivity index (χ0n) is 16.8. The lowest BCUT2D eigenvalue weighted by molar-refractivity contribution is 0.0995. The van der Waals surface area contributed by atoms with E-state index in [4.69, 9.17) is 27.2 Å². The third kappa shape index (κ3) is 4.35. The van der Waals surface area contributed by atoms with Crippen molar-refractivity contribution in [2.45, 2.75) is 43.3 Å². The van der Waals surface area contributed by atoms with E-state index in [1.807, 2.05) is 0 Å². The summed E-state index contributed by atoms with van der Waals surface area (Å²) in [5, 5.41) is 24.9. The van der Waals surface area contributed by atoms with Crippen LogP contribution in [0.4, 0.5) is 17.5 Å². The third-order valence-corrected chi connectivity index (χ3v) is 5.43. The summed E-state index contributed by atoms with van der Waals surface area (Å²) in [6.07, 6.45) is 5.54. The van der Waals surface area contributed by atoms with Crippen molar-refractivity contribution in [1.29, 1.82) is 0 Å². The Kier molecular flexibility index (Phi) is 5.59. The van der Waals surface area contributed by atoms with Crippen molar-refractivity contribution < 1.29 is 9.90 Å². The van der Waals surface area contributed by atoms with Crippen LogP contribution in [0.25, 0.3) is 10.9 Å². The number of nitrogens with zero attached hydrogens (tertiary/aromatic N) is 4. The number of carbonyl (C=O) groups excluding carboxylic acids is 1. The van der Waals surface area contributed by atoms with Gasteiger partial charge in [0.15, 0.2) is 11.5 Å². The van der Waals surface area contributed by atoms with E-state index >= 15 is 0 Å². The number of hydrogen-bond donors (Lipinski definition) is 5. The van der Waals surface area contributed by atoms with E-state index in [0.717, 1.165) is 25.7 Å². The number of aliphatic hydroxyl groups is 1. The van der Waals surface area contributed by atoms with Gasteiger partial charge in [-0.25, -0.2) is 0 Å². The van der Waals surface area contributed by atoms with Crippen LogP contribution in [0.5, 0.6) is 0 Å². The predicted molar refractivity (Wildman–Crippen MR) is 119 cm³/mol. The maximum Gasteiger partial charge on any atom is 0.273 e. The summed E-state index contributed by atoms with van der Waals surface area (Å²) >= 11 is 0. The summed E-state index contributed by atoms with van der Waals surface area (Å²) in [7, 11) is 11.2. The van der Waals surface area contributed by atoms with E-state index < -0.39 is 11.4 Å². The first-order chi connectivity index (χ1) is 14.7. The second-order valence-electron chi connectivity index (χ2n) is 7.73. The van der Waals surface area contributed by atoms with Crippen molar-refractivity contribution in [1.82, 2.24) is 19.7 Å². The highest BCUT2D eigenvalue weighted by molar-refractivity contribution is 6.36. The van der Waals surface area contributed by atoms with Crippen LogP contribution in [0.1, 0.15) is 36.2 Å². The molecule has 4 rings (SSSR count). The normalized spacial score (nSPS) is 19.3. The molecule has 1 amide bonds. The molecule has 0 unspecified atom stereocenters. The van der Waals surface area contributed by atoms with Gasteiger partial charge in [-0.3, -0.25) is 4.79 Å². The summed E-state index contributed by atoms with van der Waals surface area (Å²) < 4.78 is 1.32. The number of primary amides is 1. The molecule has 2 heterocycles. The van der Waals surface area contributed by atoms with Crippen molar-refractivity contribution in [3.8, 4) is 0 Å². The molecule has 156 valence electrons. The first-order valence-electron chi connectivity index (χ1n) is 9.98. The lowest BCUT2D eigenvalue weighted by Gasteiger charge is -2.29. The van der Waals surface area contributed by atoms with Crippen molar-refractivity contribution in [2.24, 2.45) is 11.5 Å². The van der Waals surface area contributed by atoms with Gasteiger partial charge in [-0.1, -0.05) is 18.9 Å². The monoisotopic (exact) mass is 416 g/mol. The summed E-state index contributed by atoms with van der Waals surface area (Å²) in [6, 6.07) is 7.00. The number of anilines is 3. The Hall–Kier alpha value is -3.11. The molecule has 1 aromatic carbocycles. The molecule has 3 aromatic rings. The second-order valence-corrected chi connectivity index (χ2v) is 7.73. The Labute approximate surface area is 181 Å². The highest BCUT2D eigenvalue weighted by Crippen LogP contribution is 2.29. The van der Waals surface area contributed by atoms with E-state index in [1.165, 1.54) is 4.57 Å². The van der Waals surface area contributed by atoms with E-state index in [0.29, 0.717) is 16.6 Å². The number of benzene rings is 1. The number of nitrogens with one attached hydrogen (secondary N) is 2. The van der Waals surface area contributed by atoms with Gasteiger partial charge in [0.1, 0.15) is 15.7 Å². The third-order valence-electron chi connectivity index (χ3n) is 5.43. The Bertz CT molecular complexity index is 1110. The minimum Gasteiger partial charge on any atom is -0.389 e. The van der Waals surface area contributed by atoms with Gasteiger partial charge in [0.2, 0.25) is 5.95 Å². The van der Waals surface area contributed by atoms with Crippen molar-refractivity contribution >= 4 is 50.0 Å². The number of nitrogens with two attached hydrogens (primary N) is 2. The van der Waals surface area contributed by atoms with Gasteiger partial charge in [-0.15, -0.1) is 10.2 Å². The van der Waals surface area contributed by atoms with Crippen LogP contribution in [-0.4, -0.2) is 58.5 Å². The number of aromatic nitrogens is 4. The molecule has 1 fully saturated rings. The molecule has 0 bridgehead atoms. The smallest absolute Gasteiger partial charge is 0.273 e. The molecule has 0 spiro atoms. The van der Waals surface area contributed by atoms with Crippen LogP contribution in [0.15, 0.2) is 30.5 Å². The molecule has 12 heteroatoms. The molecule has 1 aliphatic carbocycles. The molecule has 1 saturated carbocycles. The molecule has 7 N–H and O–H groups in total. The topological polar surface area (TPSA) is 157 Å². The second kappa shape index (κ2) is 8.20. The van der Waals surface area contributed by atoms with Crippen LogP contribution in [0, 0.1) is 0 Å². The van der Waals surface area contributed by atoms with Crippen molar-refractivity contribution in [3.05, 3.63) is 36.2 Å². The summed E-state index contributed by atoms with van der Waals surface area (Å²) in [5.41, 5.74) is 10.7. The number of hydrogen-bond acceptors (Lipinski definition) is 8. The standard InChI is InChI=1S/C19H22B2N8O2/c20-19(21,31)29-9-8-10-12(6-3-7-14(10)29)24-17-15(16(23)30)27-28-18(26-17)25-13-5-2-1-4-11(13)22/h3,6-9,11,13,31H,1-2,4-5,22H2,(H2,23,30)(H2,24,25,26,28)/t11-,13+/m0/s1.